The summed E-state index contributed by atoms with van der Waals surface area (Å²) in [5.41, 5.74) is 1.45. The molecule has 0 spiro atoms. The van der Waals surface area contributed by atoms with E-state index in [-0.39, 0.29) is 12.3 Å². The maximum absolute atomic E-state index is 12.4. The lowest BCUT2D eigenvalue weighted by Gasteiger charge is -2.11. The average Bonchev–Trinajstić information content (AvgIpc) is 2.91. The molecule has 1 aliphatic rings. The third-order valence-electron chi connectivity index (χ3n) is 3.68. The zero-order valence-corrected chi connectivity index (χ0v) is 16.0. The minimum absolute atomic E-state index is 0.258. The molecule has 130 valence electrons. The number of benzene rings is 2. The number of allylic oxidation sites excluding steroid dienone is 2. The molecular formula is C20H14BrNO3S. The van der Waals surface area contributed by atoms with Crippen molar-refractivity contribution in [2.24, 2.45) is 0 Å². The van der Waals surface area contributed by atoms with Gasteiger partial charge in [0.25, 0.3) is 11.1 Å². The minimum atomic E-state index is -0.442. The lowest BCUT2D eigenvalue weighted by Crippen LogP contribution is -2.33. The minimum Gasteiger partial charge on any atom is -0.292 e. The summed E-state index contributed by atoms with van der Waals surface area (Å²) in [5, 5.41) is -0.431. The van der Waals surface area contributed by atoms with Gasteiger partial charge in [-0.3, -0.25) is 19.3 Å². The van der Waals surface area contributed by atoms with E-state index in [1.165, 1.54) is 0 Å². The van der Waals surface area contributed by atoms with Gasteiger partial charge in [0.05, 0.1) is 11.4 Å². The number of carbonyl (C=O) groups is 3. The number of rotatable bonds is 5. The van der Waals surface area contributed by atoms with Crippen LogP contribution in [0.5, 0.6) is 0 Å². The van der Waals surface area contributed by atoms with Crippen molar-refractivity contribution in [3.05, 3.63) is 87.3 Å². The third kappa shape index (κ3) is 4.39. The van der Waals surface area contributed by atoms with E-state index in [2.05, 4.69) is 15.9 Å². The number of amides is 2. The quantitative estimate of drug-likeness (QED) is 0.501. The van der Waals surface area contributed by atoms with E-state index in [1.807, 2.05) is 36.4 Å². The monoisotopic (exact) mass is 427 g/mol. The molecule has 0 aromatic heterocycles. The van der Waals surface area contributed by atoms with Crippen LogP contribution in [-0.4, -0.2) is 28.4 Å². The predicted molar refractivity (Wildman–Crippen MR) is 107 cm³/mol. The molecule has 0 unspecified atom stereocenters. The molecule has 0 radical (unpaired) electrons. The van der Waals surface area contributed by atoms with Gasteiger partial charge in [0, 0.05) is 10.0 Å². The zero-order valence-electron chi connectivity index (χ0n) is 13.6. The molecule has 4 nitrogen and oxygen atoms in total. The maximum atomic E-state index is 12.4. The SMILES string of the molecule is O=C(CN1C(=O)S/C(=C/C=C\c2ccccc2)C1=O)c1ccc(Br)cc1. The van der Waals surface area contributed by atoms with Gasteiger partial charge in [-0.15, -0.1) is 0 Å². The molecule has 1 saturated heterocycles. The number of carbonyl (C=O) groups excluding carboxylic acids is 3. The third-order valence-corrected chi connectivity index (χ3v) is 5.13. The summed E-state index contributed by atoms with van der Waals surface area (Å²) in [6.07, 6.45) is 5.17. The maximum Gasteiger partial charge on any atom is 0.293 e. The number of Topliss-reactive ketones (excluding diaryl/α,β-unsaturated/α-hetero) is 1. The van der Waals surface area contributed by atoms with Crippen molar-refractivity contribution >= 4 is 50.7 Å². The molecule has 0 bridgehead atoms. The van der Waals surface area contributed by atoms with Crippen molar-refractivity contribution in [2.75, 3.05) is 6.54 Å². The standard InChI is InChI=1S/C20H14BrNO3S/c21-16-11-9-15(10-12-16)17(23)13-22-19(24)18(26-20(22)25)8-4-7-14-5-2-1-3-6-14/h1-12H,13H2/b7-4-,18-8+. The van der Waals surface area contributed by atoms with Crippen LogP contribution < -0.4 is 0 Å². The van der Waals surface area contributed by atoms with Gasteiger partial charge in [-0.2, -0.15) is 0 Å². The Bertz CT molecular complexity index is 904. The molecule has 1 heterocycles. The number of thioether (sulfide) groups is 1. The zero-order chi connectivity index (χ0) is 18.5. The van der Waals surface area contributed by atoms with Gasteiger partial charge >= 0.3 is 0 Å². The van der Waals surface area contributed by atoms with Gasteiger partial charge in [0.1, 0.15) is 0 Å². The summed E-state index contributed by atoms with van der Waals surface area (Å²) in [5.74, 6) is -0.718. The van der Waals surface area contributed by atoms with Crippen molar-refractivity contribution in [1.82, 2.24) is 4.90 Å². The predicted octanol–water partition coefficient (Wildman–Crippen LogP) is 4.92. The van der Waals surface area contributed by atoms with Crippen LogP contribution in [0.15, 0.2) is 76.1 Å². The van der Waals surface area contributed by atoms with Crippen LogP contribution in [0.3, 0.4) is 0 Å². The van der Waals surface area contributed by atoms with Crippen molar-refractivity contribution in [3.8, 4) is 0 Å². The van der Waals surface area contributed by atoms with Gasteiger partial charge in [-0.1, -0.05) is 70.5 Å². The highest BCUT2D eigenvalue weighted by Crippen LogP contribution is 2.30. The van der Waals surface area contributed by atoms with E-state index < -0.39 is 11.1 Å². The second kappa shape index (κ2) is 8.29. The smallest absolute Gasteiger partial charge is 0.292 e. The summed E-state index contributed by atoms with van der Waals surface area (Å²) in [4.78, 5) is 38.1. The van der Waals surface area contributed by atoms with Gasteiger partial charge in [0.15, 0.2) is 5.78 Å². The first-order valence-electron chi connectivity index (χ1n) is 7.80. The fraction of sp³-hybridized carbons (Fsp3) is 0.0500. The highest BCUT2D eigenvalue weighted by atomic mass is 79.9. The largest absolute Gasteiger partial charge is 0.293 e. The summed E-state index contributed by atoms with van der Waals surface area (Å²) >= 11 is 4.15. The van der Waals surface area contributed by atoms with E-state index in [4.69, 9.17) is 0 Å². The van der Waals surface area contributed by atoms with Crippen molar-refractivity contribution in [1.29, 1.82) is 0 Å². The second-order valence-electron chi connectivity index (χ2n) is 5.49. The van der Waals surface area contributed by atoms with E-state index in [0.717, 1.165) is 26.7 Å². The molecule has 0 saturated carbocycles. The lowest BCUT2D eigenvalue weighted by molar-refractivity contribution is -0.122. The fourth-order valence-electron chi connectivity index (χ4n) is 2.33. The number of nitrogens with zero attached hydrogens (tertiary/aromatic N) is 1. The Hall–Kier alpha value is -2.44. The molecule has 1 fully saturated rings. The summed E-state index contributed by atoms with van der Waals surface area (Å²) in [7, 11) is 0. The van der Waals surface area contributed by atoms with Crippen LogP contribution in [0.4, 0.5) is 4.79 Å². The normalized spacial score (nSPS) is 16.0. The van der Waals surface area contributed by atoms with Crippen LogP contribution in [-0.2, 0) is 4.79 Å². The van der Waals surface area contributed by atoms with Crippen LogP contribution in [0.1, 0.15) is 15.9 Å². The van der Waals surface area contributed by atoms with Crippen LogP contribution in [0, 0.1) is 0 Å². The number of hydrogen-bond donors (Lipinski definition) is 0. The highest BCUT2D eigenvalue weighted by molar-refractivity contribution is 9.10. The molecular weight excluding hydrogens is 414 g/mol. The first kappa shape index (κ1) is 18.4. The molecule has 0 N–H and O–H groups in total. The number of halogens is 1. The molecule has 1 aliphatic heterocycles. The van der Waals surface area contributed by atoms with Gasteiger partial charge in [-0.25, -0.2) is 0 Å². The van der Waals surface area contributed by atoms with Gasteiger partial charge in [-0.05, 0) is 35.5 Å². The highest BCUT2D eigenvalue weighted by Gasteiger charge is 2.36. The Kier molecular flexibility index (Phi) is 5.85. The summed E-state index contributed by atoms with van der Waals surface area (Å²) < 4.78 is 0.855. The fourth-order valence-corrected chi connectivity index (χ4v) is 3.39. The van der Waals surface area contributed by atoms with E-state index in [9.17, 15) is 14.4 Å². The average molecular weight is 428 g/mol. The van der Waals surface area contributed by atoms with Crippen LogP contribution in [0.2, 0.25) is 0 Å². The van der Waals surface area contributed by atoms with E-state index in [1.54, 1.807) is 36.4 Å². The van der Waals surface area contributed by atoms with Crippen LogP contribution in [0.25, 0.3) is 6.08 Å². The molecule has 2 aromatic carbocycles. The molecule has 6 heteroatoms. The number of ketones is 1. The Morgan fingerprint density at radius 1 is 1.04 bits per heavy atom. The Balaban J connectivity index is 1.68. The first-order chi connectivity index (χ1) is 12.5. The van der Waals surface area contributed by atoms with Crippen molar-refractivity contribution in [3.63, 3.8) is 0 Å². The number of imide groups is 1. The molecule has 2 amide bonds. The van der Waals surface area contributed by atoms with E-state index in [0.29, 0.717) is 10.5 Å². The molecule has 0 atom stereocenters. The van der Waals surface area contributed by atoms with Crippen LogP contribution >= 0.6 is 27.7 Å². The Morgan fingerprint density at radius 2 is 1.73 bits per heavy atom. The lowest BCUT2D eigenvalue weighted by atomic mass is 10.1. The Labute approximate surface area is 163 Å². The molecule has 26 heavy (non-hydrogen) atoms. The topological polar surface area (TPSA) is 54.5 Å². The Morgan fingerprint density at radius 3 is 2.42 bits per heavy atom. The summed E-state index contributed by atoms with van der Waals surface area (Å²) in [6.45, 7) is -0.258. The van der Waals surface area contributed by atoms with Crippen molar-refractivity contribution in [2.45, 2.75) is 0 Å². The molecule has 3 rings (SSSR count). The number of hydrogen-bond acceptors (Lipinski definition) is 4. The first-order valence-corrected chi connectivity index (χ1v) is 9.41. The second-order valence-corrected chi connectivity index (χ2v) is 7.40. The van der Waals surface area contributed by atoms with Crippen molar-refractivity contribution < 1.29 is 14.4 Å². The molecule has 2 aromatic rings. The van der Waals surface area contributed by atoms with Gasteiger partial charge < -0.3 is 0 Å². The molecule has 0 aliphatic carbocycles. The van der Waals surface area contributed by atoms with E-state index >= 15 is 0 Å². The van der Waals surface area contributed by atoms with Gasteiger partial charge in [0.2, 0.25) is 0 Å². The summed E-state index contributed by atoms with van der Waals surface area (Å²) in [6, 6.07) is 16.4.